The van der Waals surface area contributed by atoms with Crippen molar-refractivity contribution in [3.63, 3.8) is 0 Å². The van der Waals surface area contributed by atoms with Gasteiger partial charge in [0, 0.05) is 0 Å². The van der Waals surface area contributed by atoms with Crippen molar-refractivity contribution in [2.24, 2.45) is 0 Å². The first-order valence-corrected chi connectivity index (χ1v) is 20.0. The average molecular weight is 795 g/mol. The van der Waals surface area contributed by atoms with Gasteiger partial charge in [-0.1, -0.05) is 129 Å². The monoisotopic (exact) mass is 794 g/mol. The maximum atomic E-state index is 9.88. The molecule has 0 radical (unpaired) electrons. The van der Waals surface area contributed by atoms with E-state index in [1.54, 1.807) is 30.6 Å². The third-order valence-corrected chi connectivity index (χ3v) is 13.1. The summed E-state index contributed by atoms with van der Waals surface area (Å²) in [6, 6.07) is 73.9. The molecule has 0 spiro atoms. The van der Waals surface area contributed by atoms with Crippen LogP contribution in [0.3, 0.4) is 0 Å². The number of carbonyl (C=O) groups excluding carboxylic acids is 1. The van der Waals surface area contributed by atoms with E-state index in [4.69, 9.17) is 0 Å². The number of hydrogen-bond donors (Lipinski definition) is 0. The molecular weight excluding hydrogens is 749 g/mol. The molecule has 0 heterocycles. The van der Waals surface area contributed by atoms with Crippen molar-refractivity contribution >= 4 is 54.0 Å². The topological polar surface area (TPSA) is 17.1 Å². The zero-order valence-corrected chi connectivity index (χ0v) is 32.6. The van der Waals surface area contributed by atoms with E-state index in [-0.39, 0.29) is 20.4 Å². The van der Waals surface area contributed by atoms with Crippen molar-refractivity contribution in [3.8, 4) is 0 Å². The molecule has 0 atom stereocenters. The van der Waals surface area contributed by atoms with Gasteiger partial charge in [-0.15, -0.1) is 12.1 Å². The van der Waals surface area contributed by atoms with Gasteiger partial charge in [-0.2, -0.15) is 24.1 Å². The molecule has 7 rings (SSSR count). The third kappa shape index (κ3) is 14.1. The minimum atomic E-state index is -0.877. The average Bonchev–Trinajstić information content (AvgIpc) is 3.21. The van der Waals surface area contributed by atoms with Crippen molar-refractivity contribution in [2.45, 2.75) is 19.8 Å². The van der Waals surface area contributed by atoms with Crippen molar-refractivity contribution in [1.82, 2.24) is 0 Å². The van der Waals surface area contributed by atoms with Crippen molar-refractivity contribution in [1.29, 1.82) is 0 Å². The Bertz CT molecular complexity index is 1550. The number of rotatable bonds is 8. The van der Waals surface area contributed by atoms with Gasteiger partial charge in [-0.25, -0.2) is 0 Å². The Morgan fingerprint density at radius 3 is 0.706 bits per heavy atom. The SMILES string of the molecule is O=[C-]c1ccccc1.[CH2-]CCC.[Pd+2].c1ccc([PH+](c2ccccc2)c2ccccc2)cc1.c1ccc([PH+](c2ccccc2)c2ccccc2)cc1. The van der Waals surface area contributed by atoms with Gasteiger partial charge in [0.1, 0.15) is 31.8 Å². The number of benzene rings is 7. The Hall–Kier alpha value is -4.27. The molecule has 0 aliphatic rings. The number of hydrogen-bond acceptors (Lipinski definition) is 1. The van der Waals surface area contributed by atoms with Crippen LogP contribution in [-0.4, -0.2) is 6.29 Å². The summed E-state index contributed by atoms with van der Waals surface area (Å²) in [4.78, 5) is 9.88. The molecule has 7 aromatic rings. The van der Waals surface area contributed by atoms with Crippen LogP contribution >= 0.6 is 15.8 Å². The standard InChI is InChI=1S/2C18H15P.C7H5O.C4H9.Pd/c2*1-4-10-16(11-5-1)19(17-12-6-2-7-13-17)18-14-8-3-9-15-18;8-6-7-4-2-1-3-5-7;1-3-4-2;/h2*1-15H;1-5H;1,3-4H2,2H3;/q;;2*-1;+2/p+2. The molecular formula is C47H46OP2Pd+2. The van der Waals surface area contributed by atoms with Gasteiger partial charge in [-0.3, -0.25) is 0 Å². The maximum Gasteiger partial charge on any atom is 2.00 e. The third-order valence-electron chi connectivity index (χ3n) is 7.62. The second-order valence-corrected chi connectivity index (χ2v) is 16.2. The normalized spacial score (nSPS) is 9.80. The molecule has 0 unspecified atom stereocenters. The van der Waals surface area contributed by atoms with Crippen LogP contribution < -0.4 is 31.8 Å². The summed E-state index contributed by atoms with van der Waals surface area (Å²) in [5.74, 6) is 0. The summed E-state index contributed by atoms with van der Waals surface area (Å²) in [7, 11) is -1.75. The molecule has 0 N–H and O–H groups in total. The fourth-order valence-electron chi connectivity index (χ4n) is 5.14. The zero-order valence-electron chi connectivity index (χ0n) is 29.1. The molecule has 0 aliphatic carbocycles. The van der Waals surface area contributed by atoms with Gasteiger partial charge in [0.2, 0.25) is 0 Å². The summed E-state index contributed by atoms with van der Waals surface area (Å²) in [6.45, 7) is 5.72. The molecule has 0 saturated carbocycles. The van der Waals surface area contributed by atoms with Crippen LogP contribution in [0.1, 0.15) is 25.3 Å². The van der Waals surface area contributed by atoms with Crippen molar-refractivity contribution in [2.75, 3.05) is 0 Å². The predicted molar refractivity (Wildman–Crippen MR) is 225 cm³/mol. The predicted octanol–water partition coefficient (Wildman–Crippen LogP) is 9.12. The van der Waals surface area contributed by atoms with Crippen LogP contribution in [0.25, 0.3) is 0 Å². The fourth-order valence-corrected chi connectivity index (χ4v) is 10.3. The van der Waals surface area contributed by atoms with Crippen LogP contribution in [0.4, 0.5) is 0 Å². The second-order valence-electron chi connectivity index (χ2n) is 11.3. The van der Waals surface area contributed by atoms with Crippen molar-refractivity contribution < 1.29 is 25.2 Å². The van der Waals surface area contributed by atoms with Gasteiger partial charge >= 0.3 is 20.4 Å². The van der Waals surface area contributed by atoms with Crippen LogP contribution in [0.15, 0.2) is 212 Å². The first-order valence-electron chi connectivity index (χ1n) is 17.0. The second kappa shape index (κ2) is 24.8. The summed E-state index contributed by atoms with van der Waals surface area (Å²) in [5.41, 5.74) is 0.604. The molecule has 7 aromatic carbocycles. The first kappa shape index (κ1) is 41.2. The van der Waals surface area contributed by atoms with E-state index >= 15 is 0 Å². The van der Waals surface area contributed by atoms with Crippen LogP contribution in [0.2, 0.25) is 0 Å². The Morgan fingerprint density at radius 2 is 0.569 bits per heavy atom. The molecule has 0 aliphatic heterocycles. The molecule has 0 saturated heterocycles. The molecule has 258 valence electrons. The van der Waals surface area contributed by atoms with Gasteiger partial charge in [0.05, 0.1) is 22.1 Å². The smallest absolute Gasteiger partial charge is 0.376 e. The summed E-state index contributed by atoms with van der Waals surface area (Å²) < 4.78 is 0. The van der Waals surface area contributed by atoms with E-state index in [0.717, 1.165) is 6.42 Å². The van der Waals surface area contributed by atoms with Crippen LogP contribution in [-0.2, 0) is 25.2 Å². The van der Waals surface area contributed by atoms with E-state index in [0.29, 0.717) is 5.56 Å². The van der Waals surface area contributed by atoms with Gasteiger partial charge in [0.15, 0.2) is 0 Å². The van der Waals surface area contributed by atoms with Gasteiger partial charge < -0.3 is 11.7 Å². The van der Waals surface area contributed by atoms with E-state index < -0.39 is 15.8 Å². The Labute approximate surface area is 322 Å². The summed E-state index contributed by atoms with van der Waals surface area (Å²) in [6.07, 6.45) is 4.05. The quantitative estimate of drug-likeness (QED) is 0.0853. The Kier molecular flexibility index (Phi) is 20.0. The van der Waals surface area contributed by atoms with E-state index in [2.05, 4.69) is 196 Å². The largest absolute Gasteiger partial charge is 2.00 e. The molecule has 4 heteroatoms. The zero-order chi connectivity index (χ0) is 35.1. The first-order chi connectivity index (χ1) is 24.7. The maximum absolute atomic E-state index is 9.88. The molecule has 0 bridgehead atoms. The van der Waals surface area contributed by atoms with Crippen LogP contribution in [0.5, 0.6) is 0 Å². The van der Waals surface area contributed by atoms with E-state index in [1.165, 1.54) is 38.2 Å². The Balaban J connectivity index is 0.000000207. The fraction of sp³-hybridized carbons (Fsp3) is 0.0638. The molecule has 0 aromatic heterocycles. The van der Waals surface area contributed by atoms with Crippen molar-refractivity contribution in [3.05, 3.63) is 225 Å². The molecule has 0 fully saturated rings. The van der Waals surface area contributed by atoms with E-state index in [9.17, 15) is 4.79 Å². The molecule has 51 heavy (non-hydrogen) atoms. The summed E-state index contributed by atoms with van der Waals surface area (Å²) in [5, 5.41) is 8.61. The van der Waals surface area contributed by atoms with Gasteiger partial charge in [0.25, 0.3) is 0 Å². The Morgan fingerprint density at radius 1 is 0.392 bits per heavy atom. The molecule has 0 amide bonds. The minimum Gasteiger partial charge on any atom is -0.376 e. The van der Waals surface area contributed by atoms with E-state index in [1.807, 2.05) is 6.07 Å². The van der Waals surface area contributed by atoms with Crippen LogP contribution in [0, 0.1) is 6.92 Å². The molecule has 1 nitrogen and oxygen atoms in total. The minimum absolute atomic E-state index is 0. The summed E-state index contributed by atoms with van der Waals surface area (Å²) >= 11 is 0. The van der Waals surface area contributed by atoms with Gasteiger partial charge in [-0.05, 0) is 72.8 Å². The number of unbranched alkanes of at least 4 members (excludes halogenated alkanes) is 1.